The first-order valence-corrected chi connectivity index (χ1v) is 5.49. The molecule has 2 aromatic heterocycles. The lowest BCUT2D eigenvalue weighted by atomic mass is 10.1. The van der Waals surface area contributed by atoms with E-state index in [-0.39, 0.29) is 6.04 Å². The van der Waals surface area contributed by atoms with Crippen molar-refractivity contribution in [2.45, 2.75) is 25.9 Å². The van der Waals surface area contributed by atoms with Gasteiger partial charge in [0.25, 0.3) is 0 Å². The summed E-state index contributed by atoms with van der Waals surface area (Å²) in [7, 11) is 0. The van der Waals surface area contributed by atoms with Crippen LogP contribution in [0.15, 0.2) is 36.9 Å². The van der Waals surface area contributed by atoms with Gasteiger partial charge in [-0.2, -0.15) is 0 Å². The Hall–Kier alpha value is -1.68. The number of imidazole rings is 1. The molecule has 0 saturated heterocycles. The maximum atomic E-state index is 6.18. The summed E-state index contributed by atoms with van der Waals surface area (Å²) in [4.78, 5) is 8.31. The van der Waals surface area contributed by atoms with Crippen LogP contribution in [0, 0.1) is 0 Å². The van der Waals surface area contributed by atoms with Gasteiger partial charge in [-0.3, -0.25) is 4.98 Å². The summed E-state index contributed by atoms with van der Waals surface area (Å²) in [6.07, 6.45) is 8.35. The van der Waals surface area contributed by atoms with Gasteiger partial charge in [0.1, 0.15) is 5.82 Å². The summed E-state index contributed by atoms with van der Waals surface area (Å²) in [6.45, 7) is 3.09. The van der Waals surface area contributed by atoms with E-state index >= 15 is 0 Å². The zero-order chi connectivity index (χ0) is 11.4. The molecule has 1 unspecified atom stereocenters. The molecule has 0 amide bonds. The van der Waals surface area contributed by atoms with Gasteiger partial charge in [-0.25, -0.2) is 4.98 Å². The fourth-order valence-corrected chi connectivity index (χ4v) is 1.75. The highest BCUT2D eigenvalue weighted by Gasteiger charge is 2.13. The summed E-state index contributed by atoms with van der Waals surface area (Å²) >= 11 is 0. The van der Waals surface area contributed by atoms with Gasteiger partial charge in [-0.15, -0.1) is 0 Å². The minimum Gasteiger partial charge on any atom is -0.333 e. The number of nitrogens with two attached hydrogens (primary N) is 1. The number of pyridine rings is 1. The molecule has 0 aliphatic heterocycles. The minimum atomic E-state index is -0.176. The molecule has 0 aliphatic carbocycles. The van der Waals surface area contributed by atoms with Crippen molar-refractivity contribution in [1.29, 1.82) is 0 Å². The van der Waals surface area contributed by atoms with Crippen molar-refractivity contribution in [1.82, 2.24) is 14.5 Å². The molecule has 0 aromatic carbocycles. The predicted octanol–water partition coefficient (Wildman–Crippen LogP) is 1.74. The monoisotopic (exact) mass is 216 g/mol. The molecule has 2 heterocycles. The number of nitrogens with zero attached hydrogens (tertiary/aromatic N) is 3. The van der Waals surface area contributed by atoms with E-state index in [9.17, 15) is 0 Å². The molecule has 2 rings (SSSR count). The van der Waals surface area contributed by atoms with Gasteiger partial charge in [0.15, 0.2) is 0 Å². The Kier molecular flexibility index (Phi) is 3.31. The quantitative estimate of drug-likeness (QED) is 0.846. The van der Waals surface area contributed by atoms with Crippen LogP contribution in [0.4, 0.5) is 0 Å². The second kappa shape index (κ2) is 4.90. The molecule has 0 saturated carbocycles. The Bertz CT molecular complexity index is 435. The molecule has 0 fully saturated rings. The van der Waals surface area contributed by atoms with Crippen LogP contribution >= 0.6 is 0 Å². The van der Waals surface area contributed by atoms with Gasteiger partial charge in [0.05, 0.1) is 6.04 Å². The second-order valence-corrected chi connectivity index (χ2v) is 3.74. The maximum absolute atomic E-state index is 6.18. The summed E-state index contributed by atoms with van der Waals surface area (Å²) in [5.74, 6) is 0.910. The maximum Gasteiger partial charge on any atom is 0.130 e. The molecule has 2 N–H and O–H groups in total. The summed E-state index contributed by atoms with van der Waals surface area (Å²) in [5, 5.41) is 0. The van der Waals surface area contributed by atoms with E-state index in [1.165, 1.54) is 0 Å². The third kappa shape index (κ3) is 2.12. The Labute approximate surface area is 95.1 Å². The van der Waals surface area contributed by atoms with Crippen molar-refractivity contribution < 1.29 is 0 Å². The molecular formula is C12H16N4. The third-order valence-corrected chi connectivity index (χ3v) is 2.56. The fraction of sp³-hybridized carbons (Fsp3) is 0.333. The van der Waals surface area contributed by atoms with Crippen LogP contribution in [-0.4, -0.2) is 14.5 Å². The lowest BCUT2D eigenvalue weighted by molar-refractivity contribution is 0.612. The van der Waals surface area contributed by atoms with E-state index in [1.54, 1.807) is 18.6 Å². The third-order valence-electron chi connectivity index (χ3n) is 2.56. The molecule has 0 radical (unpaired) electrons. The van der Waals surface area contributed by atoms with Gasteiger partial charge in [-0.1, -0.05) is 6.92 Å². The van der Waals surface area contributed by atoms with Gasteiger partial charge in [0, 0.05) is 31.3 Å². The number of hydrogen-bond donors (Lipinski definition) is 1. The Morgan fingerprint density at radius 1 is 1.31 bits per heavy atom. The van der Waals surface area contributed by atoms with Crippen LogP contribution in [0.25, 0.3) is 0 Å². The second-order valence-electron chi connectivity index (χ2n) is 3.74. The van der Waals surface area contributed by atoms with E-state index < -0.39 is 0 Å². The molecular weight excluding hydrogens is 200 g/mol. The van der Waals surface area contributed by atoms with E-state index in [2.05, 4.69) is 21.5 Å². The minimum absolute atomic E-state index is 0.176. The van der Waals surface area contributed by atoms with Gasteiger partial charge in [-0.05, 0) is 24.1 Å². The van der Waals surface area contributed by atoms with Crippen molar-refractivity contribution in [3.63, 3.8) is 0 Å². The lowest BCUT2D eigenvalue weighted by Gasteiger charge is -2.13. The number of hydrogen-bond acceptors (Lipinski definition) is 3. The van der Waals surface area contributed by atoms with E-state index in [0.29, 0.717) is 0 Å². The summed E-state index contributed by atoms with van der Waals surface area (Å²) in [5.41, 5.74) is 7.22. The lowest BCUT2D eigenvalue weighted by Crippen LogP contribution is -2.17. The standard InChI is InChI=1S/C12H16N4/c1-2-8-16-9-7-15-12(16)11(13)10-3-5-14-6-4-10/h3-7,9,11H,2,8,13H2,1H3. The van der Waals surface area contributed by atoms with Crippen LogP contribution in [0.5, 0.6) is 0 Å². The molecule has 4 nitrogen and oxygen atoms in total. The zero-order valence-electron chi connectivity index (χ0n) is 9.37. The first kappa shape index (κ1) is 10.8. The van der Waals surface area contributed by atoms with Gasteiger partial charge >= 0.3 is 0 Å². The molecule has 16 heavy (non-hydrogen) atoms. The topological polar surface area (TPSA) is 56.7 Å². The summed E-state index contributed by atoms with van der Waals surface area (Å²) in [6, 6.07) is 3.68. The van der Waals surface area contributed by atoms with E-state index in [1.807, 2.05) is 18.3 Å². The predicted molar refractivity (Wildman–Crippen MR) is 62.8 cm³/mol. The highest BCUT2D eigenvalue weighted by molar-refractivity contribution is 5.22. The van der Waals surface area contributed by atoms with Crippen molar-refractivity contribution >= 4 is 0 Å². The Morgan fingerprint density at radius 3 is 2.75 bits per heavy atom. The largest absolute Gasteiger partial charge is 0.333 e. The van der Waals surface area contributed by atoms with E-state index in [0.717, 1.165) is 24.4 Å². The van der Waals surface area contributed by atoms with Gasteiger partial charge < -0.3 is 10.3 Å². The normalized spacial score (nSPS) is 12.6. The molecule has 4 heteroatoms. The molecule has 0 aliphatic rings. The highest BCUT2D eigenvalue weighted by atomic mass is 15.1. The van der Waals surface area contributed by atoms with Crippen LogP contribution in [0.2, 0.25) is 0 Å². The van der Waals surface area contributed by atoms with Crippen LogP contribution < -0.4 is 5.73 Å². The zero-order valence-corrected chi connectivity index (χ0v) is 9.37. The smallest absolute Gasteiger partial charge is 0.130 e. The number of rotatable bonds is 4. The average molecular weight is 216 g/mol. The molecule has 2 aromatic rings. The highest BCUT2D eigenvalue weighted by Crippen LogP contribution is 2.17. The summed E-state index contributed by atoms with van der Waals surface area (Å²) < 4.78 is 2.10. The van der Waals surface area contributed by atoms with E-state index in [4.69, 9.17) is 5.73 Å². The van der Waals surface area contributed by atoms with Crippen molar-refractivity contribution in [3.8, 4) is 0 Å². The van der Waals surface area contributed by atoms with Gasteiger partial charge in [0.2, 0.25) is 0 Å². The molecule has 0 bridgehead atoms. The molecule has 1 atom stereocenters. The molecule has 84 valence electrons. The first-order valence-electron chi connectivity index (χ1n) is 5.49. The number of aromatic nitrogens is 3. The van der Waals surface area contributed by atoms with Crippen LogP contribution in [0.3, 0.4) is 0 Å². The van der Waals surface area contributed by atoms with Crippen LogP contribution in [-0.2, 0) is 6.54 Å². The van der Waals surface area contributed by atoms with Crippen molar-refractivity contribution in [2.24, 2.45) is 5.73 Å². The SMILES string of the molecule is CCCn1ccnc1C(N)c1ccncc1. The first-order chi connectivity index (χ1) is 7.83. The Morgan fingerprint density at radius 2 is 2.06 bits per heavy atom. The van der Waals surface area contributed by atoms with Crippen molar-refractivity contribution in [3.05, 3.63) is 48.3 Å². The average Bonchev–Trinajstić information content (AvgIpc) is 2.78. The van der Waals surface area contributed by atoms with Crippen molar-refractivity contribution in [2.75, 3.05) is 0 Å². The Balaban J connectivity index is 2.27. The molecule has 0 spiro atoms. The number of aryl methyl sites for hydroxylation is 1. The van der Waals surface area contributed by atoms with Crippen LogP contribution in [0.1, 0.15) is 30.8 Å². The fourth-order valence-electron chi connectivity index (χ4n) is 1.75.